The molecule has 7 nitrogen and oxygen atoms in total. The first-order chi connectivity index (χ1) is 13.4. The highest BCUT2D eigenvalue weighted by Crippen LogP contribution is 2.26. The van der Waals surface area contributed by atoms with Gasteiger partial charge in [0.15, 0.2) is 0 Å². The Morgan fingerprint density at radius 3 is 2.57 bits per heavy atom. The van der Waals surface area contributed by atoms with Gasteiger partial charge in [-0.2, -0.15) is 0 Å². The van der Waals surface area contributed by atoms with Crippen molar-refractivity contribution in [3.8, 4) is 0 Å². The van der Waals surface area contributed by atoms with E-state index in [0.717, 1.165) is 42.3 Å². The molecule has 3 rings (SSSR count). The zero-order valence-electron chi connectivity index (χ0n) is 16.3. The summed E-state index contributed by atoms with van der Waals surface area (Å²) in [6.45, 7) is 6.17. The Labute approximate surface area is 169 Å². The van der Waals surface area contributed by atoms with E-state index in [1.165, 1.54) is 17.0 Å². The fraction of sp³-hybridized carbons (Fsp3) is 0.400. The molecule has 0 saturated carbocycles. The van der Waals surface area contributed by atoms with E-state index in [1.54, 1.807) is 0 Å². The molecule has 3 amide bonds. The van der Waals surface area contributed by atoms with E-state index < -0.39 is 12.1 Å². The van der Waals surface area contributed by atoms with E-state index in [-0.39, 0.29) is 12.3 Å². The maximum absolute atomic E-state index is 12.5. The van der Waals surface area contributed by atoms with Crippen LogP contribution < -0.4 is 21.3 Å². The smallest absolute Gasteiger partial charge is 0.312 e. The molecule has 1 fully saturated rings. The number of aryl methyl sites for hydroxylation is 1. The fourth-order valence-electron chi connectivity index (χ4n) is 3.42. The van der Waals surface area contributed by atoms with Crippen LogP contribution in [0, 0.1) is 6.92 Å². The molecular weight excluding hydrogens is 374 g/mol. The first-order valence-electron chi connectivity index (χ1n) is 9.36. The van der Waals surface area contributed by atoms with Crippen molar-refractivity contribution in [2.75, 3.05) is 43.4 Å². The number of piperazine rings is 1. The van der Waals surface area contributed by atoms with Gasteiger partial charge >= 0.3 is 6.03 Å². The molecule has 1 atom stereocenters. The number of anilines is 2. The molecule has 1 saturated heterocycles. The average molecular weight is 402 g/mol. The predicted molar refractivity (Wildman–Crippen MR) is 114 cm³/mol. The lowest BCUT2D eigenvalue weighted by Crippen LogP contribution is -2.44. The van der Waals surface area contributed by atoms with E-state index in [9.17, 15) is 9.59 Å². The van der Waals surface area contributed by atoms with Gasteiger partial charge in [-0.15, -0.1) is 11.3 Å². The molecule has 1 aliphatic heterocycles. The minimum absolute atomic E-state index is 0.128. The number of hydrogen-bond donors (Lipinski definition) is 3. The molecular formula is C20H27N5O2S. The third-order valence-corrected chi connectivity index (χ3v) is 5.90. The summed E-state index contributed by atoms with van der Waals surface area (Å²) in [5, 5.41) is 7.48. The minimum Gasteiger partial charge on any atom is -0.369 e. The highest BCUT2D eigenvalue weighted by atomic mass is 32.1. The number of thiophene rings is 1. The highest BCUT2D eigenvalue weighted by Gasteiger charge is 2.19. The number of rotatable bonds is 6. The zero-order chi connectivity index (χ0) is 20.1. The van der Waals surface area contributed by atoms with Crippen molar-refractivity contribution in [2.45, 2.75) is 19.4 Å². The van der Waals surface area contributed by atoms with Gasteiger partial charge in [-0.25, -0.2) is 4.79 Å². The van der Waals surface area contributed by atoms with Gasteiger partial charge in [0.05, 0.1) is 12.5 Å². The second-order valence-electron chi connectivity index (χ2n) is 7.12. The Morgan fingerprint density at radius 2 is 1.96 bits per heavy atom. The molecule has 2 heterocycles. The van der Waals surface area contributed by atoms with Crippen LogP contribution in [0.25, 0.3) is 0 Å². The summed E-state index contributed by atoms with van der Waals surface area (Å²) in [5.74, 6) is -0.168. The van der Waals surface area contributed by atoms with Crippen molar-refractivity contribution in [1.82, 2.24) is 10.2 Å². The van der Waals surface area contributed by atoms with Crippen molar-refractivity contribution < 1.29 is 9.59 Å². The number of benzene rings is 1. The Morgan fingerprint density at radius 1 is 1.21 bits per heavy atom. The number of carbonyl (C=O) groups excluding carboxylic acids is 2. The number of urea groups is 1. The van der Waals surface area contributed by atoms with Crippen molar-refractivity contribution in [3.05, 3.63) is 46.2 Å². The third-order valence-electron chi connectivity index (χ3n) is 4.92. The normalized spacial score (nSPS) is 15.9. The van der Waals surface area contributed by atoms with E-state index in [4.69, 9.17) is 5.73 Å². The SMILES string of the molecule is Cc1cc(NC(=O)CC(NC(N)=O)c2cccs2)ccc1N1CCN(C)CC1. The third kappa shape index (κ3) is 5.24. The summed E-state index contributed by atoms with van der Waals surface area (Å²) in [5.41, 5.74) is 8.35. The molecule has 1 aromatic carbocycles. The monoisotopic (exact) mass is 401 g/mol. The average Bonchev–Trinajstić information content (AvgIpc) is 3.16. The maximum Gasteiger partial charge on any atom is 0.312 e. The number of nitrogens with one attached hydrogen (secondary N) is 2. The Bertz CT molecular complexity index is 816. The van der Waals surface area contributed by atoms with Crippen LogP contribution in [0.15, 0.2) is 35.7 Å². The fourth-order valence-corrected chi connectivity index (χ4v) is 4.19. The lowest BCUT2D eigenvalue weighted by atomic mass is 10.1. The van der Waals surface area contributed by atoms with Gasteiger partial charge < -0.3 is 26.2 Å². The Hall–Kier alpha value is -2.58. The van der Waals surface area contributed by atoms with Gasteiger partial charge in [0.25, 0.3) is 0 Å². The van der Waals surface area contributed by atoms with Crippen molar-refractivity contribution in [1.29, 1.82) is 0 Å². The molecule has 28 heavy (non-hydrogen) atoms. The molecule has 0 radical (unpaired) electrons. The summed E-state index contributed by atoms with van der Waals surface area (Å²) in [4.78, 5) is 29.4. The van der Waals surface area contributed by atoms with Crippen LogP contribution in [0.1, 0.15) is 22.9 Å². The van der Waals surface area contributed by atoms with Crippen LogP contribution in [0.5, 0.6) is 0 Å². The van der Waals surface area contributed by atoms with Crippen molar-refractivity contribution in [2.24, 2.45) is 5.73 Å². The zero-order valence-corrected chi connectivity index (χ0v) is 17.1. The van der Waals surface area contributed by atoms with Gasteiger partial charge in [-0.05, 0) is 49.2 Å². The molecule has 0 aliphatic carbocycles. The predicted octanol–water partition coefficient (Wildman–Crippen LogP) is 2.55. The molecule has 0 bridgehead atoms. The first kappa shape index (κ1) is 20.2. The summed E-state index contributed by atoms with van der Waals surface area (Å²) in [6.07, 6.45) is 0.128. The van der Waals surface area contributed by atoms with Gasteiger partial charge in [-0.3, -0.25) is 4.79 Å². The number of likely N-dealkylation sites (N-methyl/N-ethyl adjacent to an activating group) is 1. The van der Waals surface area contributed by atoms with E-state index in [0.29, 0.717) is 0 Å². The van der Waals surface area contributed by atoms with E-state index >= 15 is 0 Å². The summed E-state index contributed by atoms with van der Waals surface area (Å²) >= 11 is 1.48. The van der Waals surface area contributed by atoms with Crippen LogP contribution in [0.2, 0.25) is 0 Å². The van der Waals surface area contributed by atoms with Gasteiger partial charge in [0.1, 0.15) is 0 Å². The summed E-state index contributed by atoms with van der Waals surface area (Å²) in [6, 6.07) is 8.69. The van der Waals surface area contributed by atoms with Crippen molar-refractivity contribution in [3.63, 3.8) is 0 Å². The van der Waals surface area contributed by atoms with Crippen molar-refractivity contribution >= 4 is 34.6 Å². The minimum atomic E-state index is -0.640. The van der Waals surface area contributed by atoms with Gasteiger partial charge in [0, 0.05) is 42.4 Å². The number of nitrogens with zero attached hydrogens (tertiary/aromatic N) is 2. The molecule has 4 N–H and O–H groups in total. The quantitative estimate of drug-likeness (QED) is 0.694. The van der Waals surface area contributed by atoms with Crippen LogP contribution in [0.4, 0.5) is 16.2 Å². The molecule has 2 aromatic rings. The molecule has 0 spiro atoms. The lowest BCUT2D eigenvalue weighted by molar-refractivity contribution is -0.116. The second-order valence-corrected chi connectivity index (χ2v) is 8.10. The second kappa shape index (κ2) is 9.07. The van der Waals surface area contributed by atoms with Crippen LogP contribution in [-0.2, 0) is 4.79 Å². The van der Waals surface area contributed by atoms with E-state index in [2.05, 4.69) is 40.5 Å². The summed E-state index contributed by atoms with van der Waals surface area (Å²) < 4.78 is 0. The Balaban J connectivity index is 1.63. The number of amides is 3. The Kier molecular flexibility index (Phi) is 6.53. The molecule has 1 aromatic heterocycles. The molecule has 1 aliphatic rings. The first-order valence-corrected chi connectivity index (χ1v) is 10.2. The largest absolute Gasteiger partial charge is 0.369 e. The standard InChI is InChI=1S/C20H27N5O2S/c1-14-12-15(5-6-17(14)25-9-7-24(2)8-10-25)22-19(26)13-16(23-20(21)27)18-4-3-11-28-18/h3-6,11-12,16H,7-10,13H2,1-2H3,(H,22,26)(H3,21,23,27). The van der Waals surface area contributed by atoms with Crippen LogP contribution in [-0.4, -0.2) is 50.1 Å². The lowest BCUT2D eigenvalue weighted by Gasteiger charge is -2.35. The number of primary amides is 1. The summed E-state index contributed by atoms with van der Waals surface area (Å²) in [7, 11) is 2.14. The van der Waals surface area contributed by atoms with Gasteiger partial charge in [0.2, 0.25) is 5.91 Å². The number of hydrogen-bond acceptors (Lipinski definition) is 5. The van der Waals surface area contributed by atoms with Crippen LogP contribution >= 0.6 is 11.3 Å². The van der Waals surface area contributed by atoms with E-state index in [1.807, 2.05) is 29.6 Å². The maximum atomic E-state index is 12.5. The van der Waals surface area contributed by atoms with Gasteiger partial charge in [-0.1, -0.05) is 6.07 Å². The molecule has 8 heteroatoms. The van der Waals surface area contributed by atoms with Crippen LogP contribution in [0.3, 0.4) is 0 Å². The molecule has 150 valence electrons. The molecule has 1 unspecified atom stereocenters. The number of carbonyl (C=O) groups is 2. The highest BCUT2D eigenvalue weighted by molar-refractivity contribution is 7.10. The topological polar surface area (TPSA) is 90.7 Å². The number of nitrogens with two attached hydrogens (primary N) is 1.